The molecule has 1 radical (unpaired) electrons. The number of carbonyl (C=O) groups is 1. The molecule has 0 fully saturated rings. The quantitative estimate of drug-likeness (QED) is 0.466. The van der Waals surface area contributed by atoms with Crippen LogP contribution in [0, 0.1) is 0 Å². The molecule has 0 N–H and O–H groups in total. The molecule has 2 aromatic rings. The Balaban J connectivity index is 0.00000180. The van der Waals surface area contributed by atoms with E-state index in [2.05, 4.69) is 20.8 Å². The first-order chi connectivity index (χ1) is 8.66. The van der Waals surface area contributed by atoms with Crippen molar-refractivity contribution in [3.63, 3.8) is 0 Å². The van der Waals surface area contributed by atoms with E-state index < -0.39 is 5.97 Å². The summed E-state index contributed by atoms with van der Waals surface area (Å²) < 4.78 is 0.927. The number of rotatable bonds is 3. The molecular formula is C14H11BrCuO3. The van der Waals surface area contributed by atoms with Crippen LogP contribution < -0.4 is 4.89 Å². The Kier molecular flexibility index (Phi) is 6.09. The van der Waals surface area contributed by atoms with Gasteiger partial charge in [-0.25, -0.2) is 4.79 Å². The summed E-state index contributed by atoms with van der Waals surface area (Å²) in [6.45, 7) is 1.29. The molecule has 0 spiro atoms. The van der Waals surface area contributed by atoms with E-state index in [0.717, 1.165) is 15.6 Å². The van der Waals surface area contributed by atoms with Gasteiger partial charge in [-0.2, -0.15) is 0 Å². The van der Waals surface area contributed by atoms with Crippen LogP contribution in [0.2, 0.25) is 0 Å². The molecule has 0 saturated carbocycles. The topological polar surface area (TPSA) is 35.5 Å². The fourth-order valence-electron chi connectivity index (χ4n) is 1.52. The molecule has 19 heavy (non-hydrogen) atoms. The Hall–Kier alpha value is -1.29. The Labute approximate surface area is 130 Å². The fourth-order valence-corrected chi connectivity index (χ4v) is 1.88. The SMILES string of the molecule is CC(=O)OOc1ccc(Br)cc1-c1ccccc1.[Cu]. The van der Waals surface area contributed by atoms with Crippen LogP contribution in [0.4, 0.5) is 0 Å². The average molecular weight is 371 g/mol. The second-order valence-corrected chi connectivity index (χ2v) is 4.58. The van der Waals surface area contributed by atoms with Gasteiger partial charge in [0.25, 0.3) is 0 Å². The van der Waals surface area contributed by atoms with Gasteiger partial charge in [-0.3, -0.25) is 9.78 Å². The van der Waals surface area contributed by atoms with Crippen molar-refractivity contribution in [3.8, 4) is 16.9 Å². The van der Waals surface area contributed by atoms with Crippen molar-refractivity contribution in [1.29, 1.82) is 0 Å². The molecule has 0 saturated heterocycles. The van der Waals surface area contributed by atoms with Crippen LogP contribution in [0.5, 0.6) is 5.75 Å². The third-order valence-electron chi connectivity index (χ3n) is 2.28. The molecule has 103 valence electrons. The van der Waals surface area contributed by atoms with Gasteiger partial charge in [0, 0.05) is 34.0 Å². The first-order valence-electron chi connectivity index (χ1n) is 5.37. The summed E-state index contributed by atoms with van der Waals surface area (Å²) >= 11 is 3.41. The maximum atomic E-state index is 10.8. The summed E-state index contributed by atoms with van der Waals surface area (Å²) in [5.41, 5.74) is 1.84. The molecule has 2 aromatic carbocycles. The number of hydrogen-bond donors (Lipinski definition) is 0. The molecule has 0 aliphatic heterocycles. The summed E-state index contributed by atoms with van der Waals surface area (Å²) in [7, 11) is 0. The minimum atomic E-state index is -0.489. The summed E-state index contributed by atoms with van der Waals surface area (Å²) in [5.74, 6) is 0.0107. The number of halogens is 1. The predicted molar refractivity (Wildman–Crippen MR) is 72.0 cm³/mol. The van der Waals surface area contributed by atoms with E-state index in [1.165, 1.54) is 6.92 Å². The molecule has 5 heteroatoms. The molecule has 0 amide bonds. The molecule has 0 aliphatic carbocycles. The van der Waals surface area contributed by atoms with Gasteiger partial charge in [-0.15, -0.1) is 0 Å². The van der Waals surface area contributed by atoms with Crippen LogP contribution in [0.1, 0.15) is 6.92 Å². The van der Waals surface area contributed by atoms with Crippen molar-refractivity contribution in [2.75, 3.05) is 0 Å². The summed E-state index contributed by atoms with van der Waals surface area (Å²) in [5, 5.41) is 0. The van der Waals surface area contributed by atoms with Crippen molar-refractivity contribution < 1.29 is 31.6 Å². The molecule has 0 unspecified atom stereocenters. The van der Waals surface area contributed by atoms with Crippen LogP contribution in [-0.2, 0) is 26.8 Å². The molecule has 2 rings (SSSR count). The fraction of sp³-hybridized carbons (Fsp3) is 0.0714. The van der Waals surface area contributed by atoms with Crippen molar-refractivity contribution in [3.05, 3.63) is 53.0 Å². The van der Waals surface area contributed by atoms with Crippen molar-refractivity contribution in [2.24, 2.45) is 0 Å². The minimum Gasteiger partial charge on any atom is -0.286 e. The second kappa shape index (κ2) is 7.34. The molecule has 0 atom stereocenters. The zero-order valence-corrected chi connectivity index (χ0v) is 12.6. The minimum absolute atomic E-state index is 0. The van der Waals surface area contributed by atoms with Gasteiger partial charge in [0.2, 0.25) is 0 Å². The van der Waals surface area contributed by atoms with E-state index in [4.69, 9.17) is 4.89 Å². The van der Waals surface area contributed by atoms with E-state index in [1.807, 2.05) is 42.5 Å². The monoisotopic (exact) mass is 369 g/mol. The van der Waals surface area contributed by atoms with Gasteiger partial charge in [0.05, 0.1) is 0 Å². The maximum absolute atomic E-state index is 10.8. The number of carbonyl (C=O) groups excluding carboxylic acids is 1. The van der Waals surface area contributed by atoms with Crippen LogP contribution >= 0.6 is 15.9 Å². The van der Waals surface area contributed by atoms with Crippen LogP contribution in [0.3, 0.4) is 0 Å². The third kappa shape index (κ3) is 4.39. The van der Waals surface area contributed by atoms with E-state index in [0.29, 0.717) is 5.75 Å². The largest absolute Gasteiger partial charge is 0.352 e. The van der Waals surface area contributed by atoms with E-state index in [9.17, 15) is 4.79 Å². The number of hydrogen-bond acceptors (Lipinski definition) is 3. The van der Waals surface area contributed by atoms with Crippen molar-refractivity contribution in [1.82, 2.24) is 0 Å². The van der Waals surface area contributed by atoms with Gasteiger partial charge < -0.3 is 0 Å². The Bertz CT molecular complexity index is 558. The van der Waals surface area contributed by atoms with Gasteiger partial charge in [-0.05, 0) is 23.8 Å². The molecule has 0 aliphatic rings. The molecule has 0 heterocycles. The smallest absolute Gasteiger partial charge is 0.286 e. The Morgan fingerprint density at radius 1 is 1.11 bits per heavy atom. The normalized spacial score (nSPS) is 9.37. The van der Waals surface area contributed by atoms with E-state index >= 15 is 0 Å². The average Bonchev–Trinajstić information content (AvgIpc) is 2.38. The van der Waals surface area contributed by atoms with E-state index in [1.54, 1.807) is 6.07 Å². The summed E-state index contributed by atoms with van der Waals surface area (Å²) in [6.07, 6.45) is 0. The first-order valence-corrected chi connectivity index (χ1v) is 6.16. The van der Waals surface area contributed by atoms with Gasteiger partial charge in [0.15, 0.2) is 5.75 Å². The van der Waals surface area contributed by atoms with E-state index in [-0.39, 0.29) is 17.1 Å². The van der Waals surface area contributed by atoms with Gasteiger partial charge >= 0.3 is 5.97 Å². The Morgan fingerprint density at radius 2 is 1.79 bits per heavy atom. The van der Waals surface area contributed by atoms with Crippen LogP contribution in [0.25, 0.3) is 11.1 Å². The summed E-state index contributed by atoms with van der Waals surface area (Å²) in [6, 6.07) is 15.2. The molecule has 0 bridgehead atoms. The second-order valence-electron chi connectivity index (χ2n) is 3.66. The molecule has 3 nitrogen and oxygen atoms in total. The van der Waals surface area contributed by atoms with Gasteiger partial charge in [0.1, 0.15) is 0 Å². The summed E-state index contributed by atoms with van der Waals surface area (Å²) in [4.78, 5) is 20.4. The molecule has 0 aromatic heterocycles. The standard InChI is InChI=1S/C14H11BrO3.Cu/c1-10(16)17-18-14-8-7-12(15)9-13(14)11-5-3-2-4-6-11;/h2-9H,1H3;. The Morgan fingerprint density at radius 3 is 2.42 bits per heavy atom. The van der Waals surface area contributed by atoms with Gasteiger partial charge in [-0.1, -0.05) is 46.3 Å². The zero-order valence-electron chi connectivity index (χ0n) is 10.0. The predicted octanol–water partition coefficient (Wildman–Crippen LogP) is 3.97. The zero-order chi connectivity index (χ0) is 13.0. The molecular weight excluding hydrogens is 360 g/mol. The third-order valence-corrected chi connectivity index (χ3v) is 2.77. The van der Waals surface area contributed by atoms with Crippen LogP contribution in [0.15, 0.2) is 53.0 Å². The van der Waals surface area contributed by atoms with Crippen molar-refractivity contribution in [2.45, 2.75) is 6.92 Å². The van der Waals surface area contributed by atoms with Crippen molar-refractivity contribution >= 4 is 21.9 Å². The number of benzene rings is 2. The van der Waals surface area contributed by atoms with Crippen LogP contribution in [-0.4, -0.2) is 5.97 Å². The maximum Gasteiger partial charge on any atom is 0.352 e. The first kappa shape index (κ1) is 15.8.